The van der Waals surface area contributed by atoms with Gasteiger partial charge in [0.25, 0.3) is 0 Å². The first-order chi connectivity index (χ1) is 12.7. The summed E-state index contributed by atoms with van der Waals surface area (Å²) in [5.74, 6) is 1.42. The van der Waals surface area contributed by atoms with Gasteiger partial charge in [0.05, 0.1) is 17.4 Å². The average Bonchev–Trinajstić information content (AvgIpc) is 2.66. The second-order valence-electron chi connectivity index (χ2n) is 6.51. The molecule has 6 nitrogen and oxygen atoms in total. The van der Waals surface area contributed by atoms with Gasteiger partial charge in [-0.05, 0) is 44.2 Å². The van der Waals surface area contributed by atoms with E-state index in [2.05, 4.69) is 48.1 Å². The normalized spacial score (nSPS) is 15.9. The number of pyridine rings is 1. The number of fused-ring (bicyclic) bond motifs is 1. The number of halogens is 1. The molecule has 0 unspecified atom stereocenters. The van der Waals surface area contributed by atoms with Crippen molar-refractivity contribution < 1.29 is 4.74 Å². The third kappa shape index (κ3) is 3.94. The number of likely N-dealkylation sites (tertiary alicyclic amines) is 1. The number of piperidine rings is 1. The molecule has 1 aromatic carbocycles. The van der Waals surface area contributed by atoms with E-state index in [9.17, 15) is 0 Å². The first-order valence-corrected chi connectivity index (χ1v) is 9.45. The fourth-order valence-electron chi connectivity index (χ4n) is 3.06. The number of nitrogens with zero attached hydrogens (tertiary/aromatic N) is 4. The zero-order valence-electron chi connectivity index (χ0n) is 14.5. The van der Waals surface area contributed by atoms with E-state index in [1.807, 2.05) is 30.3 Å². The standard InChI is InChI=1S/C19H20BrN5O/c1-25-8-6-15(7-9-25)26-18-5-3-14(11-21-18)24-19-16-10-13(20)2-4-17(16)22-12-23-19/h2-5,10-12,15H,6-9H2,1H3,(H,22,23,24). The zero-order chi connectivity index (χ0) is 17.9. The van der Waals surface area contributed by atoms with Crippen LogP contribution in [0.5, 0.6) is 5.88 Å². The van der Waals surface area contributed by atoms with E-state index in [1.165, 1.54) is 0 Å². The first kappa shape index (κ1) is 17.2. The monoisotopic (exact) mass is 413 g/mol. The van der Waals surface area contributed by atoms with Crippen molar-refractivity contribution in [3.05, 3.63) is 47.3 Å². The van der Waals surface area contributed by atoms with Crippen LogP contribution in [0.4, 0.5) is 11.5 Å². The highest BCUT2D eigenvalue weighted by Crippen LogP contribution is 2.26. The van der Waals surface area contributed by atoms with Gasteiger partial charge in [-0.25, -0.2) is 15.0 Å². The average molecular weight is 414 g/mol. The van der Waals surface area contributed by atoms with E-state index in [0.29, 0.717) is 5.88 Å². The van der Waals surface area contributed by atoms with Crippen LogP contribution in [0.3, 0.4) is 0 Å². The summed E-state index contributed by atoms with van der Waals surface area (Å²) >= 11 is 3.50. The van der Waals surface area contributed by atoms with Crippen LogP contribution in [-0.4, -0.2) is 46.1 Å². The van der Waals surface area contributed by atoms with Crippen LogP contribution in [-0.2, 0) is 0 Å². The summed E-state index contributed by atoms with van der Waals surface area (Å²) in [6, 6.07) is 9.80. The third-order valence-electron chi connectivity index (χ3n) is 4.55. The van der Waals surface area contributed by atoms with Crippen LogP contribution < -0.4 is 10.1 Å². The Bertz CT molecular complexity index is 894. The molecule has 26 heavy (non-hydrogen) atoms. The van der Waals surface area contributed by atoms with Gasteiger partial charge in [0.2, 0.25) is 5.88 Å². The van der Waals surface area contributed by atoms with Gasteiger partial charge in [-0.15, -0.1) is 0 Å². The van der Waals surface area contributed by atoms with E-state index in [0.717, 1.165) is 52.8 Å². The molecule has 2 aromatic heterocycles. The van der Waals surface area contributed by atoms with Crippen molar-refractivity contribution in [2.45, 2.75) is 18.9 Å². The molecule has 1 saturated heterocycles. The molecule has 1 N–H and O–H groups in total. The Balaban J connectivity index is 1.47. The Hall–Kier alpha value is -2.25. The van der Waals surface area contributed by atoms with Crippen molar-refractivity contribution in [1.29, 1.82) is 0 Å². The van der Waals surface area contributed by atoms with Gasteiger partial charge in [-0.1, -0.05) is 15.9 Å². The molecular weight excluding hydrogens is 394 g/mol. The number of hydrogen-bond donors (Lipinski definition) is 1. The molecule has 0 aliphatic carbocycles. The summed E-state index contributed by atoms with van der Waals surface area (Å²) in [5.41, 5.74) is 1.75. The third-order valence-corrected chi connectivity index (χ3v) is 5.04. The highest BCUT2D eigenvalue weighted by atomic mass is 79.9. The smallest absolute Gasteiger partial charge is 0.213 e. The number of aromatic nitrogens is 3. The highest BCUT2D eigenvalue weighted by Gasteiger charge is 2.18. The lowest BCUT2D eigenvalue weighted by Gasteiger charge is -2.28. The van der Waals surface area contributed by atoms with Crippen LogP contribution in [0.25, 0.3) is 10.9 Å². The maximum Gasteiger partial charge on any atom is 0.213 e. The van der Waals surface area contributed by atoms with Crippen molar-refractivity contribution >= 4 is 38.3 Å². The maximum atomic E-state index is 6.00. The lowest BCUT2D eigenvalue weighted by atomic mass is 10.1. The summed E-state index contributed by atoms with van der Waals surface area (Å²) in [7, 11) is 2.14. The lowest BCUT2D eigenvalue weighted by Crippen LogP contribution is -2.35. The van der Waals surface area contributed by atoms with Gasteiger partial charge in [0.1, 0.15) is 18.2 Å². The second kappa shape index (κ2) is 7.55. The number of ether oxygens (including phenoxy) is 1. The summed E-state index contributed by atoms with van der Waals surface area (Å²) in [4.78, 5) is 15.4. The molecule has 0 radical (unpaired) electrons. The van der Waals surface area contributed by atoms with E-state index >= 15 is 0 Å². The molecule has 3 aromatic rings. The molecule has 134 valence electrons. The van der Waals surface area contributed by atoms with E-state index in [1.54, 1.807) is 12.5 Å². The molecule has 1 fully saturated rings. The van der Waals surface area contributed by atoms with Crippen molar-refractivity contribution in [1.82, 2.24) is 19.9 Å². The SMILES string of the molecule is CN1CCC(Oc2ccc(Nc3ncnc4ccc(Br)cc34)cn2)CC1. The molecule has 1 aliphatic heterocycles. The van der Waals surface area contributed by atoms with E-state index in [-0.39, 0.29) is 6.10 Å². The molecule has 4 rings (SSSR count). The van der Waals surface area contributed by atoms with Gasteiger partial charge >= 0.3 is 0 Å². The van der Waals surface area contributed by atoms with Gasteiger partial charge < -0.3 is 15.0 Å². The van der Waals surface area contributed by atoms with Crippen molar-refractivity contribution in [2.75, 3.05) is 25.5 Å². The van der Waals surface area contributed by atoms with E-state index < -0.39 is 0 Å². The van der Waals surface area contributed by atoms with Crippen molar-refractivity contribution in [3.63, 3.8) is 0 Å². The zero-order valence-corrected chi connectivity index (χ0v) is 16.1. The predicted octanol–water partition coefficient (Wildman–Crippen LogP) is 4.00. The predicted molar refractivity (Wildman–Crippen MR) is 106 cm³/mol. The number of hydrogen-bond acceptors (Lipinski definition) is 6. The summed E-state index contributed by atoms with van der Waals surface area (Å²) < 4.78 is 6.99. The Morgan fingerprint density at radius 1 is 1.12 bits per heavy atom. The minimum absolute atomic E-state index is 0.251. The van der Waals surface area contributed by atoms with E-state index in [4.69, 9.17) is 4.74 Å². The number of benzene rings is 1. The van der Waals surface area contributed by atoms with Gasteiger partial charge in [0, 0.05) is 29.0 Å². The van der Waals surface area contributed by atoms with Crippen LogP contribution in [0, 0.1) is 0 Å². The molecule has 3 heterocycles. The van der Waals surface area contributed by atoms with Crippen LogP contribution >= 0.6 is 15.9 Å². The molecule has 1 aliphatic rings. The van der Waals surface area contributed by atoms with Crippen LogP contribution in [0.1, 0.15) is 12.8 Å². The molecule has 7 heteroatoms. The molecule has 0 spiro atoms. The fourth-order valence-corrected chi connectivity index (χ4v) is 3.42. The van der Waals surface area contributed by atoms with Crippen molar-refractivity contribution in [2.24, 2.45) is 0 Å². The maximum absolute atomic E-state index is 6.00. The molecule has 0 amide bonds. The fraction of sp³-hybridized carbons (Fsp3) is 0.316. The Morgan fingerprint density at radius 3 is 2.73 bits per heavy atom. The summed E-state index contributed by atoms with van der Waals surface area (Å²) in [5, 5.41) is 4.27. The lowest BCUT2D eigenvalue weighted by molar-refractivity contribution is 0.110. The largest absolute Gasteiger partial charge is 0.474 e. The molecule has 0 bridgehead atoms. The Morgan fingerprint density at radius 2 is 1.96 bits per heavy atom. The van der Waals surface area contributed by atoms with Crippen LogP contribution in [0.2, 0.25) is 0 Å². The quantitative estimate of drug-likeness (QED) is 0.696. The summed E-state index contributed by atoms with van der Waals surface area (Å²) in [6.45, 7) is 2.14. The van der Waals surface area contributed by atoms with Gasteiger partial charge in [0.15, 0.2) is 0 Å². The Kier molecular flexibility index (Phi) is 4.99. The van der Waals surface area contributed by atoms with Crippen LogP contribution in [0.15, 0.2) is 47.3 Å². The summed E-state index contributed by atoms with van der Waals surface area (Å²) in [6.07, 6.45) is 5.67. The van der Waals surface area contributed by atoms with Gasteiger partial charge in [-0.2, -0.15) is 0 Å². The molecule has 0 atom stereocenters. The highest BCUT2D eigenvalue weighted by molar-refractivity contribution is 9.10. The molecular formula is C19H20BrN5O. The minimum Gasteiger partial charge on any atom is -0.474 e. The number of rotatable bonds is 4. The number of nitrogens with one attached hydrogen (secondary N) is 1. The van der Waals surface area contributed by atoms with Crippen molar-refractivity contribution in [3.8, 4) is 5.88 Å². The topological polar surface area (TPSA) is 63.2 Å². The Labute approximate surface area is 160 Å². The minimum atomic E-state index is 0.251. The second-order valence-corrected chi connectivity index (χ2v) is 7.43. The first-order valence-electron chi connectivity index (χ1n) is 8.66. The molecule has 0 saturated carbocycles. The van der Waals surface area contributed by atoms with Gasteiger partial charge in [-0.3, -0.25) is 0 Å². The number of anilines is 2.